The molecular weight excluding hydrogens is 370 g/mol. The van der Waals surface area contributed by atoms with Crippen molar-refractivity contribution < 1.29 is 4.79 Å². The van der Waals surface area contributed by atoms with Crippen LogP contribution in [0.1, 0.15) is 39.6 Å². The molecule has 0 unspecified atom stereocenters. The van der Waals surface area contributed by atoms with Crippen molar-refractivity contribution in [3.63, 3.8) is 0 Å². The number of rotatable bonds is 6. The topological polar surface area (TPSA) is 63.1 Å². The summed E-state index contributed by atoms with van der Waals surface area (Å²) in [4.78, 5) is 14.2. The fraction of sp³-hybridized carbons (Fsp3) is 0.500. The van der Waals surface area contributed by atoms with Crippen LogP contribution in [-0.2, 0) is 4.79 Å². The molecule has 2 aromatic rings. The van der Waals surface area contributed by atoms with E-state index < -0.39 is 0 Å². The summed E-state index contributed by atoms with van der Waals surface area (Å²) in [5.41, 5.74) is 0.661. The van der Waals surface area contributed by atoms with Crippen LogP contribution in [0.4, 0.5) is 0 Å². The van der Waals surface area contributed by atoms with Gasteiger partial charge in [0.05, 0.1) is 11.8 Å². The molecule has 2 rings (SSSR count). The van der Waals surface area contributed by atoms with Crippen molar-refractivity contribution >= 4 is 29.3 Å². The van der Waals surface area contributed by atoms with Gasteiger partial charge < -0.3 is 5.32 Å². The zero-order valence-corrected chi connectivity index (χ0v) is 17.6. The smallest absolute Gasteiger partial charge is 0.230 e. The van der Waals surface area contributed by atoms with E-state index in [2.05, 4.69) is 27.3 Å². The van der Waals surface area contributed by atoms with Crippen molar-refractivity contribution in [2.45, 2.75) is 44.4 Å². The highest BCUT2D eigenvalue weighted by atomic mass is 35.5. The van der Waals surface area contributed by atoms with Crippen LogP contribution in [0.15, 0.2) is 29.4 Å². The van der Waals surface area contributed by atoms with E-state index >= 15 is 0 Å². The molecule has 1 amide bonds. The lowest BCUT2D eigenvalue weighted by Crippen LogP contribution is -2.41. The second-order valence-electron chi connectivity index (χ2n) is 7.38. The third-order valence-electron chi connectivity index (χ3n) is 3.74. The highest BCUT2D eigenvalue weighted by molar-refractivity contribution is 7.99. The summed E-state index contributed by atoms with van der Waals surface area (Å²) in [6.45, 7) is 7.95. The fourth-order valence-electron chi connectivity index (χ4n) is 2.29. The third-order valence-corrected chi connectivity index (χ3v) is 4.92. The highest BCUT2D eigenvalue weighted by Crippen LogP contribution is 2.27. The molecule has 1 heterocycles. The first-order valence-corrected chi connectivity index (χ1v) is 9.76. The first-order valence-electron chi connectivity index (χ1n) is 8.40. The number of hydrogen-bond donors (Lipinski definition) is 1. The number of carbonyl (C=O) groups is 1. The van der Waals surface area contributed by atoms with Gasteiger partial charge in [0, 0.05) is 16.2 Å². The Kier molecular flexibility index (Phi) is 6.71. The van der Waals surface area contributed by atoms with E-state index in [0.29, 0.717) is 10.2 Å². The largest absolute Gasteiger partial charge is 0.351 e. The molecule has 142 valence electrons. The second kappa shape index (κ2) is 8.41. The minimum Gasteiger partial charge on any atom is -0.351 e. The molecule has 1 aromatic carbocycles. The van der Waals surface area contributed by atoms with Gasteiger partial charge in [-0.25, -0.2) is 0 Å². The molecule has 0 aliphatic carbocycles. The summed E-state index contributed by atoms with van der Waals surface area (Å²) in [6, 6.07) is 7.59. The maximum absolute atomic E-state index is 12.2. The Labute approximate surface area is 164 Å². The Balaban J connectivity index is 2.31. The molecule has 0 aliphatic rings. The van der Waals surface area contributed by atoms with Crippen molar-refractivity contribution in [3.05, 3.63) is 35.1 Å². The summed E-state index contributed by atoms with van der Waals surface area (Å²) < 4.78 is 1.98. The molecule has 0 radical (unpaired) electrons. The van der Waals surface area contributed by atoms with E-state index in [9.17, 15) is 4.79 Å². The van der Waals surface area contributed by atoms with Crippen LogP contribution in [-0.4, -0.2) is 51.0 Å². The zero-order valence-electron chi connectivity index (χ0n) is 16.1. The summed E-state index contributed by atoms with van der Waals surface area (Å²) in [5.74, 6) is 1.06. The molecule has 1 aromatic heterocycles. The molecule has 0 saturated carbocycles. The Morgan fingerprint density at radius 3 is 2.42 bits per heavy atom. The van der Waals surface area contributed by atoms with Gasteiger partial charge in [-0.2, -0.15) is 0 Å². The first kappa shape index (κ1) is 20.7. The summed E-state index contributed by atoms with van der Waals surface area (Å²) in [5, 5.41) is 13.0. The molecule has 0 aliphatic heterocycles. The number of amides is 1. The van der Waals surface area contributed by atoms with E-state index in [-0.39, 0.29) is 23.2 Å². The van der Waals surface area contributed by atoms with Gasteiger partial charge in [-0.05, 0) is 66.1 Å². The minimum atomic E-state index is -0.258. The van der Waals surface area contributed by atoms with Crippen LogP contribution < -0.4 is 5.32 Å². The van der Waals surface area contributed by atoms with Gasteiger partial charge in [-0.1, -0.05) is 23.4 Å². The average molecular weight is 396 g/mol. The lowest BCUT2D eigenvalue weighted by atomic mass is 10.1. The number of hydrogen-bond acceptors (Lipinski definition) is 5. The van der Waals surface area contributed by atoms with Gasteiger partial charge in [0.1, 0.15) is 0 Å². The number of nitrogens with zero attached hydrogens (tertiary/aromatic N) is 4. The summed E-state index contributed by atoms with van der Waals surface area (Å²) in [6.07, 6.45) is 0. The molecule has 0 spiro atoms. The Hall–Kier alpha value is -1.57. The van der Waals surface area contributed by atoms with Crippen LogP contribution in [0.3, 0.4) is 0 Å². The van der Waals surface area contributed by atoms with Gasteiger partial charge in [0.2, 0.25) is 5.91 Å². The lowest BCUT2D eigenvalue weighted by Gasteiger charge is -2.21. The monoisotopic (exact) mass is 395 g/mol. The quantitative estimate of drug-likeness (QED) is 0.758. The Morgan fingerprint density at radius 1 is 1.27 bits per heavy atom. The molecule has 6 nitrogen and oxygen atoms in total. The van der Waals surface area contributed by atoms with Gasteiger partial charge >= 0.3 is 0 Å². The van der Waals surface area contributed by atoms with Crippen molar-refractivity contribution in [1.82, 2.24) is 25.0 Å². The Bertz CT molecular complexity index is 752. The molecule has 0 bridgehead atoms. The molecule has 8 heteroatoms. The summed E-state index contributed by atoms with van der Waals surface area (Å²) >= 11 is 7.39. The van der Waals surface area contributed by atoms with Crippen LogP contribution in [0.2, 0.25) is 5.02 Å². The standard InChI is InChI=1S/C18H26ClN5OS/c1-12(23(5)6)16-21-22-17(26-11-15(25)20-18(2,3)4)24(16)14-9-7-13(19)8-10-14/h7-10,12H,11H2,1-6H3,(H,20,25)/t12-/m0/s1. The second-order valence-corrected chi connectivity index (χ2v) is 8.76. The summed E-state index contributed by atoms with van der Waals surface area (Å²) in [7, 11) is 3.99. The Morgan fingerprint density at radius 2 is 1.88 bits per heavy atom. The third kappa shape index (κ3) is 5.46. The first-order chi connectivity index (χ1) is 12.1. The van der Waals surface area contributed by atoms with E-state index in [1.165, 1.54) is 11.8 Å². The van der Waals surface area contributed by atoms with E-state index in [4.69, 9.17) is 11.6 Å². The number of carbonyl (C=O) groups excluding carboxylic acids is 1. The van der Waals surface area contributed by atoms with Gasteiger partial charge in [0.25, 0.3) is 0 Å². The SMILES string of the molecule is C[C@@H](c1nnc(SCC(=O)NC(C)(C)C)n1-c1ccc(Cl)cc1)N(C)C. The fourth-order valence-corrected chi connectivity index (χ4v) is 3.18. The predicted molar refractivity (Wildman–Crippen MR) is 107 cm³/mol. The normalized spacial score (nSPS) is 13.1. The minimum absolute atomic E-state index is 0.0321. The van der Waals surface area contributed by atoms with Crippen molar-refractivity contribution in [3.8, 4) is 5.69 Å². The van der Waals surface area contributed by atoms with Crippen LogP contribution in [0, 0.1) is 0 Å². The van der Waals surface area contributed by atoms with E-state index in [1.54, 1.807) is 0 Å². The highest BCUT2D eigenvalue weighted by Gasteiger charge is 2.22. The van der Waals surface area contributed by atoms with Crippen molar-refractivity contribution in [1.29, 1.82) is 0 Å². The molecule has 1 N–H and O–H groups in total. The lowest BCUT2D eigenvalue weighted by molar-refractivity contribution is -0.119. The van der Waals surface area contributed by atoms with E-state index in [0.717, 1.165) is 11.5 Å². The molecule has 0 fully saturated rings. The number of nitrogens with one attached hydrogen (secondary N) is 1. The predicted octanol–water partition coefficient (Wildman–Crippen LogP) is 3.55. The number of thioether (sulfide) groups is 1. The molecule has 0 saturated heterocycles. The number of halogens is 1. The van der Waals surface area contributed by atoms with Crippen molar-refractivity contribution in [2.75, 3.05) is 19.8 Å². The van der Waals surface area contributed by atoms with Gasteiger partial charge in [0.15, 0.2) is 11.0 Å². The van der Waals surface area contributed by atoms with Crippen LogP contribution in [0.25, 0.3) is 5.69 Å². The number of benzene rings is 1. The van der Waals surface area contributed by atoms with Crippen molar-refractivity contribution in [2.24, 2.45) is 0 Å². The molecule has 1 atom stereocenters. The maximum Gasteiger partial charge on any atom is 0.230 e. The average Bonchev–Trinajstić information content (AvgIpc) is 2.95. The van der Waals surface area contributed by atoms with Gasteiger partial charge in [-0.3, -0.25) is 14.3 Å². The zero-order chi connectivity index (χ0) is 19.5. The number of aromatic nitrogens is 3. The van der Waals surface area contributed by atoms with E-state index in [1.807, 2.05) is 63.7 Å². The molecule has 26 heavy (non-hydrogen) atoms. The maximum atomic E-state index is 12.2. The van der Waals surface area contributed by atoms with Crippen LogP contribution in [0.5, 0.6) is 0 Å². The van der Waals surface area contributed by atoms with Gasteiger partial charge in [-0.15, -0.1) is 10.2 Å². The van der Waals surface area contributed by atoms with Crippen LogP contribution >= 0.6 is 23.4 Å². The molecular formula is C18H26ClN5OS.